The predicted molar refractivity (Wildman–Crippen MR) is 82.7 cm³/mol. The van der Waals surface area contributed by atoms with E-state index in [9.17, 15) is 8.42 Å². The second-order valence-corrected chi connectivity index (χ2v) is 9.19. The summed E-state index contributed by atoms with van der Waals surface area (Å²) in [6.07, 6.45) is 0.585. The first-order valence-corrected chi connectivity index (χ1v) is 9.33. The third kappa shape index (κ3) is 3.42. The molecule has 2 heterocycles. The van der Waals surface area contributed by atoms with Crippen molar-refractivity contribution in [1.29, 1.82) is 0 Å². The van der Waals surface area contributed by atoms with Crippen LogP contribution in [0.3, 0.4) is 0 Å². The Morgan fingerprint density at radius 2 is 2.10 bits per heavy atom. The van der Waals surface area contributed by atoms with Crippen LogP contribution in [0.2, 0.25) is 0 Å². The summed E-state index contributed by atoms with van der Waals surface area (Å²) < 4.78 is 33.0. The zero-order valence-corrected chi connectivity index (χ0v) is 14.1. The van der Waals surface area contributed by atoms with Gasteiger partial charge < -0.3 is 4.74 Å². The lowest BCUT2D eigenvalue weighted by atomic mass is 9.97. The van der Waals surface area contributed by atoms with Crippen molar-refractivity contribution in [3.8, 4) is 0 Å². The molecule has 6 heteroatoms. The van der Waals surface area contributed by atoms with Gasteiger partial charge in [-0.1, -0.05) is 13.8 Å². The van der Waals surface area contributed by atoms with E-state index in [0.717, 1.165) is 5.56 Å². The van der Waals surface area contributed by atoms with Gasteiger partial charge in [-0.2, -0.15) is 0 Å². The smallest absolute Gasteiger partial charge is 0.217 e. The molecule has 1 aliphatic heterocycles. The molecule has 1 saturated heterocycles. The highest BCUT2D eigenvalue weighted by Crippen LogP contribution is 2.32. The van der Waals surface area contributed by atoms with Crippen LogP contribution < -0.4 is 4.72 Å². The molecule has 0 radical (unpaired) electrons. The summed E-state index contributed by atoms with van der Waals surface area (Å²) in [4.78, 5) is 2.40. The molecule has 0 aliphatic carbocycles. The van der Waals surface area contributed by atoms with Crippen molar-refractivity contribution in [3.63, 3.8) is 0 Å². The molecule has 1 N–H and O–H groups in total. The van der Waals surface area contributed by atoms with Gasteiger partial charge in [-0.25, -0.2) is 13.1 Å². The van der Waals surface area contributed by atoms with Crippen molar-refractivity contribution in [1.82, 2.24) is 4.72 Å². The van der Waals surface area contributed by atoms with E-state index >= 15 is 0 Å². The number of hydrogen-bond donors (Lipinski definition) is 1. The number of rotatable bonds is 5. The van der Waals surface area contributed by atoms with Gasteiger partial charge >= 0.3 is 0 Å². The molecule has 0 aromatic carbocycles. The summed E-state index contributed by atoms with van der Waals surface area (Å²) >= 11 is 1.71. The maximum absolute atomic E-state index is 12.5. The summed E-state index contributed by atoms with van der Waals surface area (Å²) in [5.74, 6) is 0.208. The molecule has 0 amide bonds. The van der Waals surface area contributed by atoms with Crippen molar-refractivity contribution >= 4 is 21.4 Å². The zero-order valence-electron chi connectivity index (χ0n) is 12.5. The minimum atomic E-state index is -3.33. The normalized spacial score (nSPS) is 21.6. The van der Waals surface area contributed by atoms with Crippen LogP contribution in [0.1, 0.15) is 41.6 Å². The summed E-state index contributed by atoms with van der Waals surface area (Å²) in [6, 6.07) is 1.93. The molecule has 4 nitrogen and oxygen atoms in total. The summed E-state index contributed by atoms with van der Waals surface area (Å²) in [6.45, 7) is 9.04. The van der Waals surface area contributed by atoms with E-state index in [4.69, 9.17) is 4.74 Å². The monoisotopic (exact) mass is 317 g/mol. The summed E-state index contributed by atoms with van der Waals surface area (Å²) in [7, 11) is -3.33. The molecule has 114 valence electrons. The Balaban J connectivity index is 2.24. The molecule has 0 spiro atoms. The highest BCUT2D eigenvalue weighted by molar-refractivity contribution is 7.90. The molecular formula is C14H23NO3S2. The van der Waals surface area contributed by atoms with Gasteiger partial charge in [0.15, 0.2) is 0 Å². The van der Waals surface area contributed by atoms with Gasteiger partial charge in [0.05, 0.1) is 12.6 Å². The van der Waals surface area contributed by atoms with Gasteiger partial charge in [0.25, 0.3) is 0 Å². The number of aryl methyl sites for hydroxylation is 2. The Labute approximate surface area is 125 Å². The van der Waals surface area contributed by atoms with Gasteiger partial charge in [0, 0.05) is 16.4 Å². The first kappa shape index (κ1) is 15.9. The van der Waals surface area contributed by atoms with Crippen molar-refractivity contribution in [2.75, 3.05) is 13.2 Å². The second kappa shape index (κ2) is 6.13. The topological polar surface area (TPSA) is 55.4 Å². The van der Waals surface area contributed by atoms with E-state index in [0.29, 0.717) is 19.6 Å². The first-order valence-electron chi connectivity index (χ1n) is 6.97. The Bertz CT molecular complexity index is 557. The molecule has 0 unspecified atom stereocenters. The van der Waals surface area contributed by atoms with Gasteiger partial charge in [0.2, 0.25) is 10.0 Å². The van der Waals surface area contributed by atoms with E-state index in [1.54, 1.807) is 11.3 Å². The quantitative estimate of drug-likeness (QED) is 0.908. The van der Waals surface area contributed by atoms with Gasteiger partial charge in [-0.3, -0.25) is 0 Å². The highest BCUT2D eigenvalue weighted by atomic mass is 32.2. The van der Waals surface area contributed by atoms with Crippen molar-refractivity contribution in [2.45, 2.75) is 45.4 Å². The summed E-state index contributed by atoms with van der Waals surface area (Å²) in [5, 5.41) is -0.413. The van der Waals surface area contributed by atoms with Crippen LogP contribution in [0.5, 0.6) is 0 Å². The third-order valence-electron chi connectivity index (χ3n) is 3.70. The van der Waals surface area contributed by atoms with Crippen LogP contribution in [0, 0.1) is 19.8 Å². The van der Waals surface area contributed by atoms with E-state index in [1.807, 2.05) is 13.8 Å². The van der Waals surface area contributed by atoms with E-state index in [2.05, 4.69) is 24.6 Å². The van der Waals surface area contributed by atoms with E-state index in [1.165, 1.54) is 9.75 Å². The molecule has 1 aliphatic rings. The Morgan fingerprint density at radius 1 is 1.40 bits per heavy atom. The lowest BCUT2D eigenvalue weighted by Crippen LogP contribution is -2.39. The largest absolute Gasteiger partial charge is 0.380 e. The second-order valence-electron chi connectivity index (χ2n) is 5.74. The molecule has 1 fully saturated rings. The predicted octanol–water partition coefficient (Wildman–Crippen LogP) is 2.77. The maximum atomic E-state index is 12.5. The SMILES string of the molecule is Cc1cc([C@@H](NS(=O)(=O)[C@H]2CCOC2)C(C)C)c(C)s1. The van der Waals surface area contributed by atoms with Crippen molar-refractivity contribution in [3.05, 3.63) is 21.4 Å². The highest BCUT2D eigenvalue weighted by Gasteiger charge is 2.33. The fourth-order valence-corrected chi connectivity index (χ4v) is 5.15. The van der Waals surface area contributed by atoms with Gasteiger partial charge in [-0.15, -0.1) is 11.3 Å². The molecule has 1 aromatic rings. The van der Waals surface area contributed by atoms with Crippen LogP contribution in [0.25, 0.3) is 0 Å². The number of sulfonamides is 1. The zero-order chi connectivity index (χ0) is 14.9. The lowest BCUT2D eigenvalue weighted by molar-refractivity contribution is 0.198. The molecule has 1 aromatic heterocycles. The number of hydrogen-bond acceptors (Lipinski definition) is 4. The van der Waals surface area contributed by atoms with Crippen LogP contribution >= 0.6 is 11.3 Å². The van der Waals surface area contributed by atoms with Gasteiger partial charge in [0.1, 0.15) is 5.25 Å². The minimum Gasteiger partial charge on any atom is -0.380 e. The van der Waals surface area contributed by atoms with Crippen molar-refractivity contribution < 1.29 is 13.2 Å². The van der Waals surface area contributed by atoms with Crippen LogP contribution in [-0.4, -0.2) is 26.9 Å². The Morgan fingerprint density at radius 3 is 2.55 bits per heavy atom. The molecule has 0 saturated carbocycles. The number of thiophene rings is 1. The third-order valence-corrected chi connectivity index (χ3v) is 6.51. The van der Waals surface area contributed by atoms with Crippen LogP contribution in [0.15, 0.2) is 6.07 Å². The first-order chi connectivity index (χ1) is 9.31. The molecule has 2 rings (SSSR count). The Hall–Kier alpha value is -0.430. The molecule has 20 heavy (non-hydrogen) atoms. The van der Waals surface area contributed by atoms with Gasteiger partial charge in [-0.05, 0) is 37.8 Å². The fourth-order valence-electron chi connectivity index (χ4n) is 2.55. The summed E-state index contributed by atoms with van der Waals surface area (Å²) in [5.41, 5.74) is 1.10. The average Bonchev–Trinajstić information content (AvgIpc) is 2.96. The number of nitrogens with one attached hydrogen (secondary N) is 1. The fraction of sp³-hybridized carbons (Fsp3) is 0.714. The van der Waals surface area contributed by atoms with Crippen molar-refractivity contribution in [2.24, 2.45) is 5.92 Å². The maximum Gasteiger partial charge on any atom is 0.217 e. The van der Waals surface area contributed by atoms with Crippen LogP contribution in [0.4, 0.5) is 0 Å². The number of ether oxygens (including phenoxy) is 1. The average molecular weight is 317 g/mol. The molecular weight excluding hydrogens is 294 g/mol. The van der Waals surface area contributed by atoms with Crippen LogP contribution in [-0.2, 0) is 14.8 Å². The molecule has 2 atom stereocenters. The Kier molecular flexibility index (Phi) is 4.89. The van der Waals surface area contributed by atoms with E-state index < -0.39 is 15.3 Å². The van der Waals surface area contributed by atoms with E-state index in [-0.39, 0.29) is 12.0 Å². The minimum absolute atomic E-state index is 0.162. The standard InChI is InChI=1S/C14H23NO3S2/c1-9(2)14(13-7-10(3)19-11(13)4)15-20(16,17)12-5-6-18-8-12/h7,9,12,14-15H,5-6,8H2,1-4H3/t12-,14-/m0/s1. The molecule has 0 bridgehead atoms. The lowest BCUT2D eigenvalue weighted by Gasteiger charge is -2.24.